The van der Waals surface area contributed by atoms with Gasteiger partial charge in [-0.1, -0.05) is 6.42 Å². The quantitative estimate of drug-likeness (QED) is 0.910. The monoisotopic (exact) mass is 262 g/mol. The first-order valence-electron chi connectivity index (χ1n) is 6.71. The van der Waals surface area contributed by atoms with Gasteiger partial charge in [0.1, 0.15) is 5.82 Å². The fourth-order valence-electron chi connectivity index (χ4n) is 2.82. The van der Waals surface area contributed by atoms with Crippen LogP contribution in [0.3, 0.4) is 0 Å². The van der Waals surface area contributed by atoms with E-state index < -0.39 is 0 Å². The van der Waals surface area contributed by atoms with Gasteiger partial charge in [-0.05, 0) is 43.5 Å². The number of aliphatic hydroxyl groups excluding tert-OH is 1. The molecule has 0 unspecified atom stereocenters. The number of halogens is 1. The molecule has 2 rings (SSSR count). The fourth-order valence-corrected chi connectivity index (χ4v) is 2.82. The summed E-state index contributed by atoms with van der Waals surface area (Å²) in [5.74, 6) is -0.320. The van der Waals surface area contributed by atoms with Gasteiger partial charge < -0.3 is 5.11 Å². The average Bonchev–Trinajstić information content (AvgIpc) is 2.41. The highest BCUT2D eigenvalue weighted by atomic mass is 19.1. The van der Waals surface area contributed by atoms with Crippen molar-refractivity contribution in [3.63, 3.8) is 0 Å². The maximum Gasteiger partial charge on any atom is 0.123 e. The Morgan fingerprint density at radius 3 is 2.95 bits per heavy atom. The highest BCUT2D eigenvalue weighted by Crippen LogP contribution is 2.25. The van der Waals surface area contributed by atoms with Crippen LogP contribution in [0.5, 0.6) is 0 Å². The normalized spacial score (nSPS) is 24.1. The van der Waals surface area contributed by atoms with E-state index in [0.717, 1.165) is 19.3 Å². The second kappa shape index (κ2) is 6.14. The van der Waals surface area contributed by atoms with Crippen molar-refractivity contribution < 1.29 is 9.50 Å². The minimum atomic E-state index is -0.320. The van der Waals surface area contributed by atoms with E-state index in [1.807, 2.05) is 0 Å². The molecule has 1 heterocycles. The topological polar surface area (TPSA) is 47.3 Å². The first-order valence-corrected chi connectivity index (χ1v) is 6.71. The highest BCUT2D eigenvalue weighted by Gasteiger charge is 2.27. The summed E-state index contributed by atoms with van der Waals surface area (Å²) in [6.07, 6.45) is 3.14. The Kier molecular flexibility index (Phi) is 4.52. The maximum atomic E-state index is 13.3. The van der Waals surface area contributed by atoms with Gasteiger partial charge in [-0.2, -0.15) is 5.26 Å². The van der Waals surface area contributed by atoms with Crippen LogP contribution in [0.4, 0.5) is 4.39 Å². The molecule has 0 radical (unpaired) electrons. The van der Waals surface area contributed by atoms with Gasteiger partial charge in [-0.3, -0.25) is 4.90 Å². The van der Waals surface area contributed by atoms with Crippen molar-refractivity contribution in [2.75, 3.05) is 6.61 Å². The molecule has 1 saturated heterocycles. The van der Waals surface area contributed by atoms with E-state index >= 15 is 0 Å². The number of piperidine rings is 1. The molecule has 0 bridgehead atoms. The Hall–Kier alpha value is -1.44. The van der Waals surface area contributed by atoms with Gasteiger partial charge in [-0.25, -0.2) is 4.39 Å². The second-order valence-electron chi connectivity index (χ2n) is 5.20. The minimum absolute atomic E-state index is 0.110. The number of aliphatic hydroxyl groups is 1. The Morgan fingerprint density at radius 1 is 1.47 bits per heavy atom. The molecule has 3 nitrogen and oxygen atoms in total. The summed E-state index contributed by atoms with van der Waals surface area (Å²) in [6, 6.07) is 6.82. The molecule has 4 heteroatoms. The van der Waals surface area contributed by atoms with Gasteiger partial charge in [0.15, 0.2) is 0 Å². The molecular weight excluding hydrogens is 243 g/mol. The zero-order valence-electron chi connectivity index (χ0n) is 11.1. The Labute approximate surface area is 113 Å². The van der Waals surface area contributed by atoms with Crippen molar-refractivity contribution in [2.45, 2.75) is 44.8 Å². The number of nitrogens with zero attached hydrogens (tertiary/aromatic N) is 2. The zero-order chi connectivity index (χ0) is 13.8. The van der Waals surface area contributed by atoms with Crippen LogP contribution in [0.25, 0.3) is 0 Å². The van der Waals surface area contributed by atoms with Crippen LogP contribution in [0.15, 0.2) is 18.2 Å². The summed E-state index contributed by atoms with van der Waals surface area (Å²) < 4.78 is 13.3. The van der Waals surface area contributed by atoms with Crippen LogP contribution in [-0.2, 0) is 6.54 Å². The third kappa shape index (κ3) is 3.12. The molecule has 0 aromatic heterocycles. The van der Waals surface area contributed by atoms with Crippen LogP contribution in [-0.4, -0.2) is 28.7 Å². The fraction of sp³-hybridized carbons (Fsp3) is 0.533. The molecule has 1 aromatic carbocycles. The lowest BCUT2D eigenvalue weighted by atomic mass is 9.95. The van der Waals surface area contributed by atoms with Gasteiger partial charge in [0.05, 0.1) is 18.2 Å². The van der Waals surface area contributed by atoms with Gasteiger partial charge in [0.25, 0.3) is 0 Å². The maximum absolute atomic E-state index is 13.3. The predicted octanol–water partition coefficient (Wildman–Crippen LogP) is 2.43. The summed E-state index contributed by atoms with van der Waals surface area (Å²) in [7, 11) is 0. The van der Waals surface area contributed by atoms with Gasteiger partial charge in [-0.15, -0.1) is 0 Å². The third-order valence-corrected chi connectivity index (χ3v) is 3.95. The van der Waals surface area contributed by atoms with Crippen molar-refractivity contribution in [1.29, 1.82) is 5.26 Å². The van der Waals surface area contributed by atoms with Crippen molar-refractivity contribution in [2.24, 2.45) is 0 Å². The molecule has 1 fully saturated rings. The highest BCUT2D eigenvalue weighted by molar-refractivity contribution is 5.37. The predicted molar refractivity (Wildman–Crippen MR) is 70.8 cm³/mol. The first-order chi connectivity index (χ1) is 9.15. The smallest absolute Gasteiger partial charge is 0.123 e. The van der Waals surface area contributed by atoms with Crippen molar-refractivity contribution in [3.05, 3.63) is 35.1 Å². The number of hydrogen-bond acceptors (Lipinski definition) is 3. The van der Waals surface area contributed by atoms with Crippen LogP contribution in [0.1, 0.15) is 37.3 Å². The summed E-state index contributed by atoms with van der Waals surface area (Å²) in [4.78, 5) is 2.18. The number of nitriles is 1. The molecule has 0 amide bonds. The second-order valence-corrected chi connectivity index (χ2v) is 5.20. The molecule has 0 aliphatic carbocycles. The molecule has 19 heavy (non-hydrogen) atoms. The van der Waals surface area contributed by atoms with E-state index in [9.17, 15) is 9.50 Å². The van der Waals surface area contributed by atoms with E-state index in [2.05, 4.69) is 17.9 Å². The lowest BCUT2D eigenvalue weighted by Gasteiger charge is -2.40. The summed E-state index contributed by atoms with van der Waals surface area (Å²) in [5.41, 5.74) is 1.21. The van der Waals surface area contributed by atoms with Gasteiger partial charge in [0, 0.05) is 18.6 Å². The molecule has 102 valence electrons. The number of benzene rings is 1. The van der Waals surface area contributed by atoms with E-state index in [0.29, 0.717) is 23.7 Å². The Morgan fingerprint density at radius 2 is 2.26 bits per heavy atom. The molecule has 1 aromatic rings. The van der Waals surface area contributed by atoms with Crippen LogP contribution >= 0.6 is 0 Å². The molecule has 0 saturated carbocycles. The molecule has 1 aliphatic rings. The third-order valence-electron chi connectivity index (χ3n) is 3.95. The number of rotatable bonds is 3. The van der Waals surface area contributed by atoms with Gasteiger partial charge >= 0.3 is 0 Å². The SMILES string of the molecule is C[C@@H]1CCC[C@@H](CO)N1Cc1cc(F)ccc1C#N. The molecule has 0 spiro atoms. The van der Waals surface area contributed by atoms with E-state index in [1.165, 1.54) is 18.2 Å². The van der Waals surface area contributed by atoms with E-state index in [-0.39, 0.29) is 18.5 Å². The molecule has 1 N–H and O–H groups in total. The Bertz CT molecular complexity index is 484. The van der Waals surface area contributed by atoms with Crippen molar-refractivity contribution in [1.82, 2.24) is 4.90 Å². The van der Waals surface area contributed by atoms with E-state index in [4.69, 9.17) is 5.26 Å². The number of likely N-dealkylation sites (tertiary alicyclic amines) is 1. The zero-order valence-corrected chi connectivity index (χ0v) is 11.1. The van der Waals surface area contributed by atoms with Gasteiger partial charge in [0.2, 0.25) is 0 Å². The van der Waals surface area contributed by atoms with Crippen LogP contribution < -0.4 is 0 Å². The lowest BCUT2D eigenvalue weighted by molar-refractivity contribution is 0.0450. The van der Waals surface area contributed by atoms with Crippen molar-refractivity contribution >= 4 is 0 Å². The minimum Gasteiger partial charge on any atom is -0.395 e. The average molecular weight is 262 g/mol. The van der Waals surface area contributed by atoms with E-state index in [1.54, 1.807) is 0 Å². The largest absolute Gasteiger partial charge is 0.395 e. The van der Waals surface area contributed by atoms with Crippen molar-refractivity contribution in [3.8, 4) is 6.07 Å². The number of hydrogen-bond donors (Lipinski definition) is 1. The summed E-state index contributed by atoms with van der Waals surface area (Å²) >= 11 is 0. The molecule has 1 aliphatic heterocycles. The van der Waals surface area contributed by atoms with Crippen LogP contribution in [0, 0.1) is 17.1 Å². The molecular formula is C15H19FN2O. The standard InChI is InChI=1S/C15H19FN2O/c1-11-3-2-4-15(10-19)18(11)9-13-7-14(16)6-5-12(13)8-17/h5-7,11,15,19H,2-4,9-10H2,1H3/t11-,15+/m1/s1. The first kappa shape index (κ1) is 14.0. The summed E-state index contributed by atoms with van der Waals surface area (Å²) in [6.45, 7) is 2.75. The van der Waals surface area contributed by atoms with Crippen LogP contribution in [0.2, 0.25) is 0 Å². The lowest BCUT2D eigenvalue weighted by Crippen LogP contribution is -2.46. The Balaban J connectivity index is 2.23. The summed E-state index contributed by atoms with van der Waals surface area (Å²) in [5, 5.41) is 18.5. The molecule has 2 atom stereocenters.